The molecule has 1 fully saturated rings. The number of ether oxygens (including phenoxy) is 2. The molecule has 1 saturated heterocycles. The third-order valence-corrected chi connectivity index (χ3v) is 7.28. The first-order valence-corrected chi connectivity index (χ1v) is 13.4. The third-order valence-electron chi connectivity index (χ3n) is 6.10. The van der Waals surface area contributed by atoms with Crippen LogP contribution in [-0.4, -0.2) is 34.3 Å². The fourth-order valence-corrected chi connectivity index (χ4v) is 4.96. The average molecular weight is 507 g/mol. The van der Waals surface area contributed by atoms with Gasteiger partial charge in [0.05, 0.1) is 6.61 Å². The van der Waals surface area contributed by atoms with Gasteiger partial charge >= 0.3 is 0 Å². The molecule has 4 rings (SSSR count). The van der Waals surface area contributed by atoms with Crippen LogP contribution in [0.1, 0.15) is 69.4 Å². The predicted octanol–water partition coefficient (Wildman–Crippen LogP) is 5.77. The molecular formula is C28H34N4O3S. The molecule has 1 aliphatic heterocycles. The highest BCUT2D eigenvalue weighted by Gasteiger charge is 2.28. The summed E-state index contributed by atoms with van der Waals surface area (Å²) < 4.78 is 12.5. The van der Waals surface area contributed by atoms with Crippen molar-refractivity contribution in [3.05, 3.63) is 81.8 Å². The van der Waals surface area contributed by atoms with Gasteiger partial charge in [-0.05, 0) is 56.4 Å². The van der Waals surface area contributed by atoms with E-state index in [0.717, 1.165) is 49.2 Å². The quantitative estimate of drug-likeness (QED) is 0.187. The van der Waals surface area contributed by atoms with Crippen molar-refractivity contribution in [2.24, 2.45) is 5.10 Å². The second-order valence-electron chi connectivity index (χ2n) is 9.31. The second kappa shape index (κ2) is 12.3. The van der Waals surface area contributed by atoms with E-state index in [9.17, 15) is 4.79 Å². The van der Waals surface area contributed by atoms with Gasteiger partial charge in [-0.2, -0.15) is 9.78 Å². The number of thioether (sulfide) groups is 1. The minimum absolute atomic E-state index is 0.279. The summed E-state index contributed by atoms with van der Waals surface area (Å²) in [7, 11) is 0. The van der Waals surface area contributed by atoms with Crippen LogP contribution in [-0.2, 0) is 15.9 Å². The Labute approximate surface area is 216 Å². The summed E-state index contributed by atoms with van der Waals surface area (Å²) in [4.78, 5) is 13.4. The molecule has 2 heterocycles. The summed E-state index contributed by atoms with van der Waals surface area (Å²) >= 11 is 1.47. The molecule has 190 valence electrons. The summed E-state index contributed by atoms with van der Waals surface area (Å²) in [6.45, 7) is 7.70. The first kappa shape index (κ1) is 26.1. The molecule has 1 aromatic heterocycles. The Bertz CT molecular complexity index is 1200. The summed E-state index contributed by atoms with van der Waals surface area (Å²) in [5.74, 6) is 0.863. The second-order valence-corrected chi connectivity index (χ2v) is 10.9. The maximum absolute atomic E-state index is 13.4. The number of benzene rings is 2. The Morgan fingerprint density at radius 3 is 2.64 bits per heavy atom. The molecule has 0 bridgehead atoms. The largest absolute Gasteiger partial charge is 0.494 e. The molecule has 0 N–H and O–H groups in total. The monoisotopic (exact) mass is 506 g/mol. The Kier molecular flexibility index (Phi) is 8.93. The maximum Gasteiger partial charge on any atom is 0.299 e. The summed E-state index contributed by atoms with van der Waals surface area (Å²) in [6, 6.07) is 18.1. The summed E-state index contributed by atoms with van der Waals surface area (Å²) in [5.41, 5.74) is 2.25. The van der Waals surface area contributed by atoms with Gasteiger partial charge in [0.1, 0.15) is 11.9 Å². The van der Waals surface area contributed by atoms with Crippen molar-refractivity contribution < 1.29 is 9.47 Å². The van der Waals surface area contributed by atoms with Crippen LogP contribution in [0.25, 0.3) is 0 Å². The van der Waals surface area contributed by atoms with Gasteiger partial charge in [-0.1, -0.05) is 67.6 Å². The highest BCUT2D eigenvalue weighted by atomic mass is 32.2. The van der Waals surface area contributed by atoms with Gasteiger partial charge in [-0.3, -0.25) is 4.79 Å². The van der Waals surface area contributed by atoms with E-state index >= 15 is 0 Å². The predicted molar refractivity (Wildman–Crippen MR) is 144 cm³/mol. The van der Waals surface area contributed by atoms with Crippen molar-refractivity contribution in [2.45, 2.75) is 68.9 Å². The van der Waals surface area contributed by atoms with Crippen LogP contribution in [0.5, 0.6) is 5.75 Å². The number of nitrogens with zero attached hydrogens (tertiary/aromatic N) is 4. The van der Waals surface area contributed by atoms with E-state index < -0.39 is 0 Å². The van der Waals surface area contributed by atoms with Gasteiger partial charge in [-0.15, -0.1) is 10.2 Å². The molecule has 8 heteroatoms. The number of rotatable bonds is 11. The molecule has 3 aromatic rings. The van der Waals surface area contributed by atoms with Crippen molar-refractivity contribution >= 4 is 18.0 Å². The smallest absolute Gasteiger partial charge is 0.299 e. The van der Waals surface area contributed by atoms with Crippen molar-refractivity contribution in [1.82, 2.24) is 14.9 Å². The van der Waals surface area contributed by atoms with Crippen molar-refractivity contribution in [2.75, 3.05) is 13.2 Å². The van der Waals surface area contributed by atoms with Crippen molar-refractivity contribution in [1.29, 1.82) is 0 Å². The molecule has 0 saturated carbocycles. The van der Waals surface area contributed by atoms with E-state index in [-0.39, 0.29) is 16.4 Å². The van der Waals surface area contributed by atoms with Gasteiger partial charge in [0.2, 0.25) is 5.16 Å². The molecule has 0 amide bonds. The highest BCUT2D eigenvalue weighted by Crippen LogP contribution is 2.39. The lowest BCUT2D eigenvalue weighted by Crippen LogP contribution is -2.29. The van der Waals surface area contributed by atoms with Crippen LogP contribution >= 0.6 is 11.8 Å². The Balaban J connectivity index is 1.56. The molecule has 0 radical (unpaired) electrons. The molecule has 1 atom stereocenters. The van der Waals surface area contributed by atoms with Crippen LogP contribution in [0.4, 0.5) is 0 Å². The highest BCUT2D eigenvalue weighted by molar-refractivity contribution is 8.00. The Morgan fingerprint density at radius 2 is 1.94 bits per heavy atom. The zero-order valence-electron chi connectivity index (χ0n) is 21.2. The summed E-state index contributed by atoms with van der Waals surface area (Å²) in [5, 5.41) is 13.7. The lowest BCUT2D eigenvalue weighted by molar-refractivity contribution is 0.105. The zero-order valence-corrected chi connectivity index (χ0v) is 22.0. The van der Waals surface area contributed by atoms with E-state index in [1.165, 1.54) is 16.4 Å². The van der Waals surface area contributed by atoms with Gasteiger partial charge in [0, 0.05) is 24.0 Å². The minimum Gasteiger partial charge on any atom is -0.494 e. The first-order valence-electron chi connectivity index (χ1n) is 12.6. The van der Waals surface area contributed by atoms with Gasteiger partial charge in [0.25, 0.3) is 5.56 Å². The van der Waals surface area contributed by atoms with E-state index in [4.69, 9.17) is 9.47 Å². The van der Waals surface area contributed by atoms with Crippen LogP contribution < -0.4 is 10.3 Å². The van der Waals surface area contributed by atoms with E-state index in [1.807, 2.05) is 42.5 Å². The molecule has 0 aliphatic carbocycles. The number of aromatic nitrogens is 3. The van der Waals surface area contributed by atoms with Gasteiger partial charge < -0.3 is 9.47 Å². The molecule has 36 heavy (non-hydrogen) atoms. The first-order chi connectivity index (χ1) is 17.5. The van der Waals surface area contributed by atoms with Gasteiger partial charge in [-0.25, -0.2) is 0 Å². The third kappa shape index (κ3) is 6.62. The van der Waals surface area contributed by atoms with Crippen molar-refractivity contribution in [3.8, 4) is 5.75 Å². The molecule has 2 aromatic carbocycles. The minimum atomic E-state index is -0.335. The SMILES string of the molecule is CCCCOc1ccc(CC=Nn2c(SC(C)(C)c3ccccc3)nnc(C3CCCO3)c2=O)cc1. The number of hydrogen-bond acceptors (Lipinski definition) is 7. The molecular weight excluding hydrogens is 472 g/mol. The standard InChI is InChI=1S/C28H34N4O3S/c1-4-5-19-34-23-15-13-21(14-16-23)17-18-29-32-26(33)25(24-12-9-20-35-24)30-31-27(32)36-28(2,3)22-10-7-6-8-11-22/h6-8,10-11,13-16,18,24H,4-5,9,12,17,19-20H2,1-3H3. The van der Waals surface area contributed by atoms with Crippen LogP contribution in [0, 0.1) is 0 Å². The number of hydrogen-bond donors (Lipinski definition) is 0. The number of unbranched alkanes of at least 4 members (excludes halogenated alkanes) is 1. The molecule has 7 nitrogen and oxygen atoms in total. The fraction of sp³-hybridized carbons (Fsp3) is 0.429. The lowest BCUT2D eigenvalue weighted by Gasteiger charge is -2.24. The van der Waals surface area contributed by atoms with Crippen LogP contribution in [0.3, 0.4) is 0 Å². The topological polar surface area (TPSA) is 78.6 Å². The zero-order chi connectivity index (χ0) is 25.4. The molecule has 0 spiro atoms. The fourth-order valence-electron chi connectivity index (χ4n) is 3.95. The molecule has 1 unspecified atom stereocenters. The normalized spacial score (nSPS) is 16.0. The van der Waals surface area contributed by atoms with Crippen LogP contribution in [0.15, 0.2) is 69.6 Å². The molecule has 1 aliphatic rings. The van der Waals surface area contributed by atoms with Gasteiger partial charge in [0.15, 0.2) is 5.69 Å². The van der Waals surface area contributed by atoms with E-state index in [1.54, 1.807) is 6.21 Å². The van der Waals surface area contributed by atoms with Crippen LogP contribution in [0.2, 0.25) is 0 Å². The maximum atomic E-state index is 13.4. The van der Waals surface area contributed by atoms with E-state index in [0.29, 0.717) is 23.9 Å². The average Bonchev–Trinajstić information content (AvgIpc) is 3.42. The Hall–Kier alpha value is -2.97. The van der Waals surface area contributed by atoms with E-state index in [2.05, 4.69) is 48.2 Å². The lowest BCUT2D eigenvalue weighted by atomic mass is 10.0. The Morgan fingerprint density at radius 1 is 1.17 bits per heavy atom. The van der Waals surface area contributed by atoms with Crippen molar-refractivity contribution in [3.63, 3.8) is 0 Å². The summed E-state index contributed by atoms with van der Waals surface area (Å²) in [6.07, 6.45) is 5.81.